The molecular weight excluding hydrogens is 531 g/mol. The van der Waals surface area contributed by atoms with E-state index in [1.165, 1.54) is 18.9 Å². The zero-order valence-electron chi connectivity index (χ0n) is 25.3. The number of aliphatic hydroxyl groups excluding tert-OH is 1. The van der Waals surface area contributed by atoms with E-state index in [4.69, 9.17) is 0 Å². The number of benzene rings is 2. The number of fused-ring (bicyclic) bond motifs is 1. The zero-order valence-corrected chi connectivity index (χ0v) is 25.3. The summed E-state index contributed by atoms with van der Waals surface area (Å²) in [7, 11) is 0. The van der Waals surface area contributed by atoms with E-state index in [9.17, 15) is 14.7 Å². The molecule has 3 aromatic rings. The molecule has 1 atom stereocenters. The number of carbonyl (C=O) groups excluding carboxylic acids is 1. The van der Waals surface area contributed by atoms with Crippen molar-refractivity contribution >= 4 is 16.7 Å². The number of nitrogens with one attached hydrogen (secondary N) is 1. The molecule has 2 N–H and O–H groups in total. The Morgan fingerprint density at radius 2 is 1.86 bits per heavy atom. The molecule has 2 saturated carbocycles. The number of hydrogen-bond acceptors (Lipinski definition) is 5. The van der Waals surface area contributed by atoms with Crippen LogP contribution in [0.1, 0.15) is 67.9 Å². The standard InChI is InChI=1S/C34H43FN4O3/c1-21-16-38(27-8-9-27)12-11-37(21)17-25-18-39(19-34(3,4)20-40)33(42)28-10-5-23(13-30(25)28)29-14-24(15-31(35)22(29)2)32(41)36-26-6-7-26/h5,10,13-15,18,21,26-27,40H,6-9,11-12,16-17,19-20H2,1-4H3,(H,36,41)/t21-/m1/s1. The number of hydrogen-bond donors (Lipinski definition) is 2. The van der Waals surface area contributed by atoms with E-state index >= 15 is 4.39 Å². The molecule has 0 spiro atoms. The summed E-state index contributed by atoms with van der Waals surface area (Å²) < 4.78 is 16.9. The van der Waals surface area contributed by atoms with Crippen molar-refractivity contribution in [3.05, 3.63) is 69.4 Å². The fraction of sp³-hybridized carbons (Fsp3) is 0.529. The Kier molecular flexibility index (Phi) is 7.75. The predicted octanol–water partition coefficient (Wildman–Crippen LogP) is 4.70. The zero-order chi connectivity index (χ0) is 29.8. The van der Waals surface area contributed by atoms with E-state index in [2.05, 4.69) is 22.0 Å². The highest BCUT2D eigenvalue weighted by atomic mass is 19.1. The van der Waals surface area contributed by atoms with E-state index in [0.717, 1.165) is 55.0 Å². The van der Waals surface area contributed by atoms with Crippen LogP contribution in [0.2, 0.25) is 0 Å². The lowest BCUT2D eigenvalue weighted by molar-refractivity contribution is 0.0730. The highest BCUT2D eigenvalue weighted by Gasteiger charge is 2.34. The Balaban J connectivity index is 1.41. The normalized spacial score (nSPS) is 20.3. The van der Waals surface area contributed by atoms with Crippen molar-refractivity contribution in [1.82, 2.24) is 19.7 Å². The third kappa shape index (κ3) is 6.03. The van der Waals surface area contributed by atoms with Crippen LogP contribution in [0.5, 0.6) is 0 Å². The van der Waals surface area contributed by atoms with Crippen molar-refractivity contribution in [1.29, 1.82) is 0 Å². The average Bonchev–Trinajstić information content (AvgIpc) is 3.89. The Morgan fingerprint density at radius 3 is 2.52 bits per heavy atom. The molecule has 42 heavy (non-hydrogen) atoms. The summed E-state index contributed by atoms with van der Waals surface area (Å²) in [5.74, 6) is -0.675. The maximum absolute atomic E-state index is 15.1. The predicted molar refractivity (Wildman–Crippen MR) is 164 cm³/mol. The van der Waals surface area contributed by atoms with Gasteiger partial charge in [0.25, 0.3) is 11.5 Å². The van der Waals surface area contributed by atoms with E-state index in [1.807, 2.05) is 38.2 Å². The molecule has 1 aromatic heterocycles. The van der Waals surface area contributed by atoms with E-state index in [0.29, 0.717) is 41.2 Å². The molecule has 7 nitrogen and oxygen atoms in total. The molecule has 1 aliphatic heterocycles. The van der Waals surface area contributed by atoms with Gasteiger partial charge in [0, 0.05) is 80.0 Å². The monoisotopic (exact) mass is 574 g/mol. The van der Waals surface area contributed by atoms with Crippen molar-refractivity contribution < 1.29 is 14.3 Å². The molecule has 2 aliphatic carbocycles. The number of aromatic nitrogens is 1. The Bertz CT molecular complexity index is 1570. The van der Waals surface area contributed by atoms with E-state index in [-0.39, 0.29) is 24.1 Å². The minimum Gasteiger partial charge on any atom is -0.396 e. The van der Waals surface area contributed by atoms with Gasteiger partial charge in [-0.3, -0.25) is 19.4 Å². The first-order valence-electron chi connectivity index (χ1n) is 15.4. The van der Waals surface area contributed by atoms with Crippen LogP contribution in [0.3, 0.4) is 0 Å². The van der Waals surface area contributed by atoms with Gasteiger partial charge in [0.15, 0.2) is 0 Å². The molecule has 1 amide bonds. The first-order chi connectivity index (χ1) is 20.0. The first kappa shape index (κ1) is 29.0. The number of carbonyl (C=O) groups is 1. The first-order valence-corrected chi connectivity index (χ1v) is 15.4. The number of piperazine rings is 1. The van der Waals surface area contributed by atoms with Gasteiger partial charge in [-0.2, -0.15) is 0 Å². The molecule has 0 radical (unpaired) electrons. The number of aliphatic hydroxyl groups is 1. The van der Waals surface area contributed by atoms with Crippen molar-refractivity contribution in [2.24, 2.45) is 5.41 Å². The van der Waals surface area contributed by atoms with Crippen molar-refractivity contribution in [3.63, 3.8) is 0 Å². The van der Waals surface area contributed by atoms with Crippen LogP contribution in [-0.4, -0.2) is 69.7 Å². The molecule has 3 aliphatic rings. The molecule has 1 saturated heterocycles. The van der Waals surface area contributed by atoms with Crippen LogP contribution in [-0.2, 0) is 13.1 Å². The van der Waals surface area contributed by atoms with Crippen LogP contribution >= 0.6 is 0 Å². The van der Waals surface area contributed by atoms with Gasteiger partial charge >= 0.3 is 0 Å². The maximum Gasteiger partial charge on any atom is 0.258 e. The molecule has 0 unspecified atom stereocenters. The molecule has 0 bridgehead atoms. The highest BCUT2D eigenvalue weighted by molar-refractivity contribution is 5.97. The molecule has 2 heterocycles. The third-order valence-corrected chi connectivity index (χ3v) is 9.26. The number of nitrogens with zero attached hydrogens (tertiary/aromatic N) is 3. The maximum atomic E-state index is 15.1. The Morgan fingerprint density at radius 1 is 1.10 bits per heavy atom. The lowest BCUT2D eigenvalue weighted by atomic mass is 9.93. The quantitative estimate of drug-likeness (QED) is 0.388. The van der Waals surface area contributed by atoms with Gasteiger partial charge in [-0.05, 0) is 91.4 Å². The second-order valence-corrected chi connectivity index (χ2v) is 13.6. The Hall–Kier alpha value is -3.07. The summed E-state index contributed by atoms with van der Waals surface area (Å²) in [6.45, 7) is 12.0. The average molecular weight is 575 g/mol. The van der Waals surface area contributed by atoms with Gasteiger partial charge in [0.05, 0.1) is 0 Å². The summed E-state index contributed by atoms with van der Waals surface area (Å²) in [5.41, 5.74) is 2.70. The summed E-state index contributed by atoms with van der Waals surface area (Å²) in [6, 6.07) is 10.1. The van der Waals surface area contributed by atoms with Crippen LogP contribution in [0, 0.1) is 18.2 Å². The molecule has 2 aromatic carbocycles. The number of rotatable bonds is 9. The van der Waals surface area contributed by atoms with E-state index < -0.39 is 11.2 Å². The summed E-state index contributed by atoms with van der Waals surface area (Å²) >= 11 is 0. The van der Waals surface area contributed by atoms with Gasteiger partial charge in [0.1, 0.15) is 5.82 Å². The molecule has 8 heteroatoms. The van der Waals surface area contributed by atoms with Gasteiger partial charge in [-0.25, -0.2) is 4.39 Å². The van der Waals surface area contributed by atoms with Crippen molar-refractivity contribution in [2.75, 3.05) is 26.2 Å². The lowest BCUT2D eigenvalue weighted by Gasteiger charge is -2.40. The van der Waals surface area contributed by atoms with Crippen LogP contribution in [0.4, 0.5) is 4.39 Å². The van der Waals surface area contributed by atoms with Crippen molar-refractivity contribution in [3.8, 4) is 11.1 Å². The topological polar surface area (TPSA) is 77.8 Å². The molecular formula is C34H43FN4O3. The summed E-state index contributed by atoms with van der Waals surface area (Å²) in [4.78, 5) is 31.6. The highest BCUT2D eigenvalue weighted by Crippen LogP contribution is 2.33. The Labute approximate surface area is 247 Å². The van der Waals surface area contributed by atoms with Gasteiger partial charge in [-0.1, -0.05) is 19.9 Å². The number of amides is 1. The minimum atomic E-state index is -0.450. The second kappa shape index (κ2) is 11.2. The van der Waals surface area contributed by atoms with E-state index in [1.54, 1.807) is 17.6 Å². The van der Waals surface area contributed by atoms with Crippen LogP contribution in [0.25, 0.3) is 21.9 Å². The summed E-state index contributed by atoms with van der Waals surface area (Å²) in [6.07, 6.45) is 6.48. The van der Waals surface area contributed by atoms with Crippen molar-refractivity contribution in [2.45, 2.75) is 84.6 Å². The lowest BCUT2D eigenvalue weighted by Crippen LogP contribution is -2.52. The number of pyridine rings is 1. The SMILES string of the molecule is Cc1c(F)cc(C(=O)NC2CC2)cc1-c1ccc2c(=O)n(CC(C)(C)CO)cc(CN3CCN(C4CC4)C[C@H]3C)c2c1. The second-order valence-electron chi connectivity index (χ2n) is 13.6. The fourth-order valence-corrected chi connectivity index (χ4v) is 6.24. The summed E-state index contributed by atoms with van der Waals surface area (Å²) in [5, 5.41) is 14.3. The fourth-order valence-electron chi connectivity index (χ4n) is 6.24. The smallest absolute Gasteiger partial charge is 0.258 e. The van der Waals surface area contributed by atoms with Crippen LogP contribution < -0.4 is 10.9 Å². The van der Waals surface area contributed by atoms with Crippen LogP contribution in [0.15, 0.2) is 41.3 Å². The molecule has 3 fully saturated rings. The minimum absolute atomic E-state index is 0.0264. The number of halogens is 1. The van der Waals surface area contributed by atoms with Gasteiger partial charge in [-0.15, -0.1) is 0 Å². The third-order valence-electron chi connectivity index (χ3n) is 9.26. The largest absolute Gasteiger partial charge is 0.396 e. The molecule has 224 valence electrons. The van der Waals surface area contributed by atoms with Gasteiger partial charge in [0.2, 0.25) is 0 Å². The molecule has 6 rings (SSSR count). The van der Waals surface area contributed by atoms with Gasteiger partial charge < -0.3 is 15.0 Å².